The Morgan fingerprint density at radius 2 is 1.62 bits per heavy atom. The van der Waals surface area contributed by atoms with Gasteiger partial charge in [-0.25, -0.2) is 0 Å². The maximum atomic E-state index is 12.6. The van der Waals surface area contributed by atoms with Crippen molar-refractivity contribution in [2.24, 2.45) is 5.92 Å². The molecule has 0 bridgehead atoms. The van der Waals surface area contributed by atoms with Crippen LogP contribution >= 0.6 is 0 Å². The molecule has 26 heavy (non-hydrogen) atoms. The maximum Gasteiger partial charge on any atom is 0.406 e. The second-order valence-electron chi connectivity index (χ2n) is 7.15. The van der Waals surface area contributed by atoms with Gasteiger partial charge in [-0.1, -0.05) is 13.8 Å². The van der Waals surface area contributed by atoms with Crippen molar-refractivity contribution in [1.82, 2.24) is 9.80 Å². The van der Waals surface area contributed by atoms with Crippen molar-refractivity contribution in [2.45, 2.75) is 72.1 Å². The molecule has 8 heteroatoms. The van der Waals surface area contributed by atoms with E-state index < -0.39 is 24.7 Å². The highest BCUT2D eigenvalue weighted by Crippen LogP contribution is 2.20. The summed E-state index contributed by atoms with van der Waals surface area (Å²) in [7, 11) is 1.56. The number of ether oxygens (including phenoxy) is 1. The fraction of sp³-hybridized carbons (Fsp3) is 0.889. The van der Waals surface area contributed by atoms with E-state index in [1.165, 1.54) is 0 Å². The standard InChI is InChI=1S/C18H33F3N2O3/c1-13(2)17(25)22(10-11-26-6)15(5)8-7-9-16(24)23(14(3)4)12-18(19,20)21/h13-15H,7-12H2,1-6H3. The minimum Gasteiger partial charge on any atom is -0.383 e. The Balaban J connectivity index is 4.68. The van der Waals surface area contributed by atoms with Crippen LogP contribution in [0.2, 0.25) is 0 Å². The summed E-state index contributed by atoms with van der Waals surface area (Å²) in [6, 6.07) is -0.620. The van der Waals surface area contributed by atoms with E-state index in [1.807, 2.05) is 20.8 Å². The van der Waals surface area contributed by atoms with Crippen molar-refractivity contribution < 1.29 is 27.5 Å². The predicted molar refractivity (Wildman–Crippen MR) is 94.6 cm³/mol. The Hall–Kier alpha value is -1.31. The Labute approximate surface area is 154 Å². The van der Waals surface area contributed by atoms with E-state index in [1.54, 1.807) is 25.9 Å². The van der Waals surface area contributed by atoms with Crippen LogP contribution in [0.15, 0.2) is 0 Å². The van der Waals surface area contributed by atoms with Gasteiger partial charge >= 0.3 is 6.18 Å². The monoisotopic (exact) mass is 382 g/mol. The molecule has 0 saturated heterocycles. The molecule has 1 atom stereocenters. The molecule has 154 valence electrons. The lowest BCUT2D eigenvalue weighted by molar-refractivity contribution is -0.164. The number of nitrogens with zero attached hydrogens (tertiary/aromatic N) is 2. The summed E-state index contributed by atoms with van der Waals surface area (Å²) in [4.78, 5) is 27.0. The lowest BCUT2D eigenvalue weighted by Crippen LogP contribution is -2.44. The molecule has 0 spiro atoms. The van der Waals surface area contributed by atoms with E-state index in [2.05, 4.69) is 0 Å². The zero-order valence-corrected chi connectivity index (χ0v) is 16.7. The average molecular weight is 382 g/mol. The number of amides is 2. The van der Waals surface area contributed by atoms with E-state index in [-0.39, 0.29) is 24.3 Å². The summed E-state index contributed by atoms with van der Waals surface area (Å²) in [5.74, 6) is -0.663. The van der Waals surface area contributed by atoms with E-state index in [0.29, 0.717) is 26.0 Å². The molecule has 1 unspecified atom stereocenters. The molecule has 0 N–H and O–H groups in total. The van der Waals surface area contributed by atoms with Crippen LogP contribution < -0.4 is 0 Å². The fourth-order valence-corrected chi connectivity index (χ4v) is 2.67. The predicted octanol–water partition coefficient (Wildman–Crippen LogP) is 3.48. The van der Waals surface area contributed by atoms with Crippen LogP contribution in [0.1, 0.15) is 53.9 Å². The van der Waals surface area contributed by atoms with E-state index in [4.69, 9.17) is 4.74 Å². The van der Waals surface area contributed by atoms with Crippen LogP contribution in [0.3, 0.4) is 0 Å². The highest BCUT2D eigenvalue weighted by Gasteiger charge is 2.34. The summed E-state index contributed by atoms with van der Waals surface area (Å²) in [5.41, 5.74) is 0. The molecule has 0 aromatic rings. The number of methoxy groups -OCH3 is 1. The molecule has 2 amide bonds. The van der Waals surface area contributed by atoms with E-state index in [0.717, 1.165) is 4.90 Å². The number of alkyl halides is 3. The van der Waals surface area contributed by atoms with Crippen molar-refractivity contribution in [3.63, 3.8) is 0 Å². The molecule has 0 radical (unpaired) electrons. The highest BCUT2D eigenvalue weighted by molar-refractivity contribution is 5.78. The molecule has 0 aliphatic carbocycles. The summed E-state index contributed by atoms with van der Waals surface area (Å²) in [6.45, 7) is 8.29. The van der Waals surface area contributed by atoms with Gasteiger partial charge < -0.3 is 14.5 Å². The molecule has 0 aliphatic heterocycles. The van der Waals surface area contributed by atoms with Gasteiger partial charge in [-0.2, -0.15) is 13.2 Å². The Kier molecular flexibility index (Phi) is 10.8. The molecule has 0 saturated carbocycles. The van der Waals surface area contributed by atoms with Gasteiger partial charge in [0.15, 0.2) is 0 Å². The third-order valence-corrected chi connectivity index (χ3v) is 4.15. The van der Waals surface area contributed by atoms with Crippen LogP contribution in [0, 0.1) is 5.92 Å². The summed E-state index contributed by atoms with van der Waals surface area (Å²) >= 11 is 0. The first-order valence-corrected chi connectivity index (χ1v) is 9.06. The van der Waals surface area contributed by atoms with Crippen LogP contribution in [0.25, 0.3) is 0 Å². The van der Waals surface area contributed by atoms with E-state index >= 15 is 0 Å². The van der Waals surface area contributed by atoms with Crippen LogP contribution in [-0.2, 0) is 14.3 Å². The first-order valence-electron chi connectivity index (χ1n) is 9.06. The van der Waals surface area contributed by atoms with Gasteiger partial charge in [0.25, 0.3) is 0 Å². The second kappa shape index (κ2) is 11.4. The quantitative estimate of drug-likeness (QED) is 0.550. The molecule has 0 fully saturated rings. The minimum absolute atomic E-state index is 0.00162. The summed E-state index contributed by atoms with van der Waals surface area (Å²) in [6.07, 6.45) is -3.40. The van der Waals surface area contributed by atoms with Crippen LogP contribution in [0.4, 0.5) is 13.2 Å². The first-order chi connectivity index (χ1) is 11.9. The lowest BCUT2D eigenvalue weighted by atomic mass is 10.1. The van der Waals surface area contributed by atoms with Crippen molar-refractivity contribution in [2.75, 3.05) is 26.8 Å². The van der Waals surface area contributed by atoms with Gasteiger partial charge in [-0.05, 0) is 33.6 Å². The summed E-state index contributed by atoms with van der Waals surface area (Å²) < 4.78 is 42.9. The van der Waals surface area contributed by atoms with Crippen molar-refractivity contribution in [3.05, 3.63) is 0 Å². The number of halogens is 3. The molecular formula is C18H33F3N2O3. The molecule has 5 nitrogen and oxygen atoms in total. The highest BCUT2D eigenvalue weighted by atomic mass is 19.4. The van der Waals surface area contributed by atoms with Crippen molar-refractivity contribution in [3.8, 4) is 0 Å². The number of carbonyl (C=O) groups excluding carboxylic acids is 2. The zero-order chi connectivity index (χ0) is 20.5. The topological polar surface area (TPSA) is 49.9 Å². The van der Waals surface area contributed by atoms with Crippen LogP contribution in [0.5, 0.6) is 0 Å². The van der Waals surface area contributed by atoms with Gasteiger partial charge in [0.2, 0.25) is 11.8 Å². The summed E-state index contributed by atoms with van der Waals surface area (Å²) in [5, 5.41) is 0. The molecule has 0 aliphatic rings. The number of hydrogen-bond donors (Lipinski definition) is 0. The third-order valence-electron chi connectivity index (χ3n) is 4.15. The minimum atomic E-state index is -4.41. The Morgan fingerprint density at radius 3 is 2.04 bits per heavy atom. The first kappa shape index (κ1) is 24.7. The largest absolute Gasteiger partial charge is 0.406 e. The SMILES string of the molecule is COCCN(C(=O)C(C)C)C(C)CCCC(=O)N(CC(F)(F)F)C(C)C. The molecule has 0 aromatic carbocycles. The normalized spacial score (nSPS) is 13.2. The second-order valence-corrected chi connectivity index (χ2v) is 7.15. The Bertz CT molecular complexity index is 440. The smallest absolute Gasteiger partial charge is 0.383 e. The van der Waals surface area contributed by atoms with Gasteiger partial charge in [-0.15, -0.1) is 0 Å². The van der Waals surface area contributed by atoms with Crippen molar-refractivity contribution >= 4 is 11.8 Å². The number of rotatable bonds is 11. The third kappa shape index (κ3) is 9.40. The number of hydrogen-bond acceptors (Lipinski definition) is 3. The molecule has 0 rings (SSSR count). The lowest BCUT2D eigenvalue weighted by Gasteiger charge is -2.31. The van der Waals surface area contributed by atoms with Gasteiger partial charge in [0.1, 0.15) is 6.54 Å². The molecule has 0 aromatic heterocycles. The van der Waals surface area contributed by atoms with Crippen LogP contribution in [-0.4, -0.2) is 66.7 Å². The van der Waals surface area contributed by atoms with E-state index in [9.17, 15) is 22.8 Å². The molecular weight excluding hydrogens is 349 g/mol. The maximum absolute atomic E-state index is 12.6. The Morgan fingerprint density at radius 1 is 1.04 bits per heavy atom. The van der Waals surface area contributed by atoms with Gasteiger partial charge in [-0.3, -0.25) is 9.59 Å². The fourth-order valence-electron chi connectivity index (χ4n) is 2.67. The number of carbonyl (C=O) groups is 2. The zero-order valence-electron chi connectivity index (χ0n) is 16.7. The van der Waals surface area contributed by atoms with Gasteiger partial charge in [0, 0.05) is 38.1 Å². The molecule has 0 heterocycles. The van der Waals surface area contributed by atoms with Crippen molar-refractivity contribution in [1.29, 1.82) is 0 Å². The van der Waals surface area contributed by atoms with Gasteiger partial charge in [0.05, 0.1) is 6.61 Å². The average Bonchev–Trinajstić information content (AvgIpc) is 2.51.